The summed E-state index contributed by atoms with van der Waals surface area (Å²) >= 11 is 7.74. The molecule has 9 heteroatoms. The predicted molar refractivity (Wildman–Crippen MR) is 115 cm³/mol. The summed E-state index contributed by atoms with van der Waals surface area (Å²) in [5.41, 5.74) is 0.714. The van der Waals surface area contributed by atoms with Crippen LogP contribution in [0.15, 0.2) is 48.5 Å². The Morgan fingerprint density at radius 1 is 1.17 bits per heavy atom. The van der Waals surface area contributed by atoms with E-state index >= 15 is 0 Å². The van der Waals surface area contributed by atoms with Crippen molar-refractivity contribution in [3.05, 3.63) is 74.8 Å². The van der Waals surface area contributed by atoms with Gasteiger partial charge in [-0.1, -0.05) is 35.9 Å². The number of nitro groups is 1. The van der Waals surface area contributed by atoms with Gasteiger partial charge in [-0.15, -0.1) is 0 Å². The second-order valence-electron chi connectivity index (χ2n) is 6.37. The lowest BCUT2D eigenvalue weighted by atomic mass is 10.1. The van der Waals surface area contributed by atoms with Gasteiger partial charge in [0.1, 0.15) is 6.04 Å². The van der Waals surface area contributed by atoms with Crippen molar-refractivity contribution in [3.8, 4) is 0 Å². The van der Waals surface area contributed by atoms with Crippen LogP contribution in [-0.2, 0) is 4.79 Å². The molecule has 29 heavy (non-hydrogen) atoms. The van der Waals surface area contributed by atoms with E-state index in [0.29, 0.717) is 17.2 Å². The number of carbonyl (C=O) groups excluding carboxylic acids is 2. The van der Waals surface area contributed by atoms with E-state index in [-0.39, 0.29) is 23.2 Å². The fourth-order valence-electron chi connectivity index (χ4n) is 2.72. The van der Waals surface area contributed by atoms with Gasteiger partial charge in [-0.2, -0.15) is 11.8 Å². The number of amides is 2. The maximum Gasteiger partial charge on any atom is 0.270 e. The average molecular weight is 436 g/mol. The van der Waals surface area contributed by atoms with Gasteiger partial charge in [-0.3, -0.25) is 19.7 Å². The number of carbonyl (C=O) groups is 2. The molecular formula is C20H22ClN3O4S. The topological polar surface area (TPSA) is 101 Å². The lowest BCUT2D eigenvalue weighted by molar-refractivity contribution is -0.384. The maximum absolute atomic E-state index is 12.8. The van der Waals surface area contributed by atoms with Crippen LogP contribution in [0.5, 0.6) is 0 Å². The van der Waals surface area contributed by atoms with Crippen LogP contribution in [0.3, 0.4) is 0 Å². The van der Waals surface area contributed by atoms with E-state index in [4.69, 9.17) is 11.6 Å². The number of nitrogens with zero attached hydrogens (tertiary/aromatic N) is 1. The summed E-state index contributed by atoms with van der Waals surface area (Å²) in [6.07, 6.45) is 2.33. The zero-order valence-corrected chi connectivity index (χ0v) is 17.6. The molecule has 7 nitrogen and oxygen atoms in total. The van der Waals surface area contributed by atoms with Gasteiger partial charge in [0, 0.05) is 22.7 Å². The minimum Gasteiger partial charge on any atom is -0.348 e. The quantitative estimate of drug-likeness (QED) is 0.458. The van der Waals surface area contributed by atoms with Crippen molar-refractivity contribution in [1.82, 2.24) is 10.6 Å². The molecule has 0 saturated heterocycles. The van der Waals surface area contributed by atoms with E-state index in [1.807, 2.05) is 25.3 Å². The first-order chi connectivity index (χ1) is 13.8. The van der Waals surface area contributed by atoms with Crippen LogP contribution in [0, 0.1) is 10.1 Å². The predicted octanol–water partition coefficient (Wildman–Crippen LogP) is 3.98. The van der Waals surface area contributed by atoms with Gasteiger partial charge >= 0.3 is 0 Å². The Kier molecular flexibility index (Phi) is 8.48. The molecular weight excluding hydrogens is 414 g/mol. The van der Waals surface area contributed by atoms with Crippen LogP contribution in [0.1, 0.15) is 35.3 Å². The highest BCUT2D eigenvalue weighted by Crippen LogP contribution is 2.22. The van der Waals surface area contributed by atoms with Gasteiger partial charge in [0.15, 0.2) is 0 Å². The maximum atomic E-state index is 12.8. The summed E-state index contributed by atoms with van der Waals surface area (Å²) < 4.78 is 0. The summed E-state index contributed by atoms with van der Waals surface area (Å²) in [5.74, 6) is -0.223. The summed E-state index contributed by atoms with van der Waals surface area (Å²) in [6.45, 7) is 1.81. The molecule has 0 bridgehead atoms. The van der Waals surface area contributed by atoms with Crippen LogP contribution >= 0.6 is 23.4 Å². The minimum atomic E-state index is -0.779. The lowest BCUT2D eigenvalue weighted by Gasteiger charge is -2.22. The SMILES string of the molecule is CSCCC(NC(=O)c1cccc([N+](=O)[O-])c1)C(=O)NC(C)c1ccccc1Cl. The van der Waals surface area contributed by atoms with E-state index in [0.717, 1.165) is 5.56 Å². The van der Waals surface area contributed by atoms with Crippen molar-refractivity contribution < 1.29 is 14.5 Å². The lowest BCUT2D eigenvalue weighted by Crippen LogP contribution is -2.47. The van der Waals surface area contributed by atoms with Gasteiger partial charge in [0.25, 0.3) is 11.6 Å². The molecule has 0 saturated carbocycles. The molecule has 154 valence electrons. The van der Waals surface area contributed by atoms with E-state index in [1.54, 1.807) is 23.9 Å². The molecule has 0 heterocycles. The van der Waals surface area contributed by atoms with Crippen molar-refractivity contribution in [3.63, 3.8) is 0 Å². The van der Waals surface area contributed by atoms with Crippen LogP contribution < -0.4 is 10.6 Å². The van der Waals surface area contributed by atoms with Crippen LogP contribution in [0.2, 0.25) is 5.02 Å². The average Bonchev–Trinajstić information content (AvgIpc) is 2.71. The molecule has 2 aromatic carbocycles. The second-order valence-corrected chi connectivity index (χ2v) is 7.76. The zero-order valence-electron chi connectivity index (χ0n) is 16.1. The molecule has 0 aromatic heterocycles. The molecule has 0 aliphatic rings. The molecule has 0 aliphatic carbocycles. The summed E-state index contributed by atoms with van der Waals surface area (Å²) in [5, 5.41) is 17.0. The third-order valence-corrected chi connectivity index (χ3v) is 5.27. The van der Waals surface area contributed by atoms with Crippen molar-refractivity contribution in [2.75, 3.05) is 12.0 Å². The first-order valence-corrected chi connectivity index (χ1v) is 10.7. The van der Waals surface area contributed by atoms with E-state index in [2.05, 4.69) is 10.6 Å². The number of non-ortho nitro benzene ring substituents is 1. The number of hydrogen-bond acceptors (Lipinski definition) is 5. The fourth-order valence-corrected chi connectivity index (χ4v) is 3.50. The fraction of sp³-hybridized carbons (Fsp3) is 0.300. The highest BCUT2D eigenvalue weighted by molar-refractivity contribution is 7.98. The monoisotopic (exact) mass is 435 g/mol. The van der Waals surface area contributed by atoms with Crippen molar-refractivity contribution in [1.29, 1.82) is 0 Å². The number of nitro benzene ring substituents is 1. The van der Waals surface area contributed by atoms with Gasteiger partial charge in [-0.25, -0.2) is 0 Å². The van der Waals surface area contributed by atoms with E-state index < -0.39 is 16.9 Å². The Hall–Kier alpha value is -2.58. The third kappa shape index (κ3) is 6.47. The van der Waals surface area contributed by atoms with Gasteiger partial charge in [0.05, 0.1) is 11.0 Å². The van der Waals surface area contributed by atoms with Crippen molar-refractivity contribution in [2.45, 2.75) is 25.4 Å². The summed E-state index contributed by atoms with van der Waals surface area (Å²) in [7, 11) is 0. The van der Waals surface area contributed by atoms with Crippen molar-refractivity contribution >= 4 is 40.9 Å². The molecule has 2 unspecified atom stereocenters. The number of hydrogen-bond donors (Lipinski definition) is 2. The second kappa shape index (κ2) is 10.8. The Bertz CT molecular complexity index is 894. The smallest absolute Gasteiger partial charge is 0.270 e. The number of halogens is 1. The van der Waals surface area contributed by atoms with Crippen LogP contribution in [-0.4, -0.2) is 34.8 Å². The highest BCUT2D eigenvalue weighted by Gasteiger charge is 2.24. The normalized spacial score (nSPS) is 12.7. The number of rotatable bonds is 9. The van der Waals surface area contributed by atoms with E-state index in [9.17, 15) is 19.7 Å². The first-order valence-electron chi connectivity index (χ1n) is 8.92. The third-order valence-electron chi connectivity index (χ3n) is 4.28. The largest absolute Gasteiger partial charge is 0.348 e. The molecule has 2 aromatic rings. The minimum absolute atomic E-state index is 0.125. The van der Waals surface area contributed by atoms with Crippen LogP contribution in [0.4, 0.5) is 5.69 Å². The number of nitrogens with one attached hydrogen (secondary N) is 2. The molecule has 0 radical (unpaired) electrons. The standard InChI is InChI=1S/C20H22ClN3O4S/c1-13(16-8-3-4-9-17(16)21)22-20(26)18(10-11-29-2)23-19(25)14-6-5-7-15(12-14)24(27)28/h3-9,12-13,18H,10-11H2,1-2H3,(H,22,26)(H,23,25). The van der Waals surface area contributed by atoms with Crippen molar-refractivity contribution in [2.24, 2.45) is 0 Å². The summed E-state index contributed by atoms with van der Waals surface area (Å²) in [6, 6.07) is 11.5. The number of benzene rings is 2. The summed E-state index contributed by atoms with van der Waals surface area (Å²) in [4.78, 5) is 35.7. The van der Waals surface area contributed by atoms with Crippen LogP contribution in [0.25, 0.3) is 0 Å². The van der Waals surface area contributed by atoms with Gasteiger partial charge < -0.3 is 10.6 Å². The Morgan fingerprint density at radius 3 is 2.55 bits per heavy atom. The molecule has 2 atom stereocenters. The number of thioether (sulfide) groups is 1. The molecule has 2 amide bonds. The zero-order chi connectivity index (χ0) is 21.4. The molecule has 2 rings (SSSR count). The molecule has 0 fully saturated rings. The molecule has 0 aliphatic heterocycles. The first kappa shape index (κ1) is 22.7. The highest BCUT2D eigenvalue weighted by atomic mass is 35.5. The Balaban J connectivity index is 2.12. The molecule has 2 N–H and O–H groups in total. The van der Waals surface area contributed by atoms with E-state index in [1.165, 1.54) is 24.3 Å². The van der Waals surface area contributed by atoms with Gasteiger partial charge in [0.2, 0.25) is 5.91 Å². The Labute approximate surface area is 178 Å². The Morgan fingerprint density at radius 2 is 1.90 bits per heavy atom. The van der Waals surface area contributed by atoms with Gasteiger partial charge in [-0.05, 0) is 43.0 Å². The molecule has 0 spiro atoms.